The largest absolute Gasteiger partial charge is 0.477 e. The molecule has 0 aromatic heterocycles. The fourth-order valence-corrected chi connectivity index (χ4v) is 3.13. The van der Waals surface area contributed by atoms with E-state index in [1.54, 1.807) is 0 Å². The zero-order valence-corrected chi connectivity index (χ0v) is 12.6. The van der Waals surface area contributed by atoms with Crippen molar-refractivity contribution in [1.29, 1.82) is 5.41 Å². The number of allylic oxidation sites excluding steroid dienone is 3. The van der Waals surface area contributed by atoms with Crippen molar-refractivity contribution in [3.8, 4) is 0 Å². The van der Waals surface area contributed by atoms with Gasteiger partial charge in [0.2, 0.25) is 0 Å². The van der Waals surface area contributed by atoms with Crippen LogP contribution in [0.4, 0.5) is 0 Å². The first-order valence-corrected chi connectivity index (χ1v) is 7.68. The van der Waals surface area contributed by atoms with E-state index in [4.69, 9.17) is 10.1 Å². The zero-order chi connectivity index (χ0) is 14.0. The lowest BCUT2D eigenvalue weighted by molar-refractivity contribution is 0.0757. The molecule has 19 heavy (non-hydrogen) atoms. The predicted octanol–water partition coefficient (Wildman–Crippen LogP) is 4.57. The molecule has 0 fully saturated rings. The van der Waals surface area contributed by atoms with E-state index >= 15 is 0 Å². The molecule has 2 rings (SSSR count). The predicted molar refractivity (Wildman–Crippen MR) is 80.3 cm³/mol. The highest BCUT2D eigenvalue weighted by molar-refractivity contribution is 5.75. The summed E-state index contributed by atoms with van der Waals surface area (Å²) in [4.78, 5) is 0. The summed E-state index contributed by atoms with van der Waals surface area (Å²) in [7, 11) is 0. The second kappa shape index (κ2) is 5.94. The first-order chi connectivity index (χ1) is 9.04. The summed E-state index contributed by atoms with van der Waals surface area (Å²) in [5.74, 6) is 2.39. The average Bonchev–Trinajstić information content (AvgIpc) is 2.42. The van der Waals surface area contributed by atoms with Crippen molar-refractivity contribution in [2.75, 3.05) is 0 Å². The molecule has 0 spiro atoms. The third kappa shape index (κ3) is 2.93. The van der Waals surface area contributed by atoms with Crippen molar-refractivity contribution in [2.45, 2.75) is 53.1 Å². The molecule has 0 aromatic rings. The summed E-state index contributed by atoms with van der Waals surface area (Å²) in [6.07, 6.45) is 10.3. The topological polar surface area (TPSA) is 33.1 Å². The minimum absolute atomic E-state index is 0.198. The quantitative estimate of drug-likeness (QED) is 0.585. The Morgan fingerprint density at radius 3 is 2.89 bits per heavy atom. The second-order valence-electron chi connectivity index (χ2n) is 6.21. The summed E-state index contributed by atoms with van der Waals surface area (Å²) < 4.78 is 6.04. The van der Waals surface area contributed by atoms with Crippen LogP contribution >= 0.6 is 0 Å². The van der Waals surface area contributed by atoms with Crippen LogP contribution in [0.15, 0.2) is 23.8 Å². The molecule has 0 aromatic carbocycles. The number of nitrogens with one attached hydrogen (secondary N) is 1. The normalized spacial score (nSPS) is 35.3. The van der Waals surface area contributed by atoms with Gasteiger partial charge in [0, 0.05) is 11.8 Å². The fraction of sp³-hybridized carbons (Fsp3) is 0.706. The highest BCUT2D eigenvalue weighted by Gasteiger charge is 2.37. The molecule has 2 heteroatoms. The van der Waals surface area contributed by atoms with Crippen LogP contribution in [0, 0.1) is 29.1 Å². The smallest absolute Gasteiger partial charge is 0.183 e. The molecule has 0 saturated carbocycles. The first-order valence-electron chi connectivity index (χ1n) is 7.68. The Labute approximate surface area is 117 Å². The van der Waals surface area contributed by atoms with Gasteiger partial charge in [-0.3, -0.25) is 5.41 Å². The van der Waals surface area contributed by atoms with Gasteiger partial charge in [0.05, 0.1) is 0 Å². The lowest BCUT2D eigenvalue weighted by Crippen LogP contribution is -2.38. The molecule has 0 bridgehead atoms. The molecule has 2 aliphatic rings. The number of ether oxygens (including phenoxy) is 1. The van der Waals surface area contributed by atoms with Gasteiger partial charge >= 0.3 is 0 Å². The Balaban J connectivity index is 2.12. The summed E-state index contributed by atoms with van der Waals surface area (Å²) in [5.41, 5.74) is 1.43. The van der Waals surface area contributed by atoms with Gasteiger partial charge in [0.1, 0.15) is 6.10 Å². The third-order valence-corrected chi connectivity index (χ3v) is 4.94. The standard InChI is InChI=1S/C17H27NO/c1-5-11(2)17(18)19-15-8-6-7-14-10-9-12(3)13(4)16(14)15/h7,9-13,15-16,18H,5-6,8H2,1-4H3/t11?,12-,13?,15-,16?/m0/s1. The minimum Gasteiger partial charge on any atom is -0.477 e. The van der Waals surface area contributed by atoms with E-state index in [0.717, 1.165) is 19.3 Å². The Morgan fingerprint density at radius 2 is 2.21 bits per heavy atom. The van der Waals surface area contributed by atoms with Crippen molar-refractivity contribution >= 4 is 5.90 Å². The van der Waals surface area contributed by atoms with E-state index in [0.29, 0.717) is 23.7 Å². The number of fused-ring (bicyclic) bond motifs is 1. The van der Waals surface area contributed by atoms with E-state index < -0.39 is 0 Å². The van der Waals surface area contributed by atoms with Crippen molar-refractivity contribution in [1.82, 2.24) is 0 Å². The molecule has 3 unspecified atom stereocenters. The number of hydrogen-bond acceptors (Lipinski definition) is 2. The molecule has 0 heterocycles. The maximum atomic E-state index is 8.09. The Kier molecular flexibility index (Phi) is 4.49. The number of hydrogen-bond donors (Lipinski definition) is 1. The molecular weight excluding hydrogens is 234 g/mol. The monoisotopic (exact) mass is 261 g/mol. The number of rotatable bonds is 3. The third-order valence-electron chi connectivity index (χ3n) is 4.94. The van der Waals surface area contributed by atoms with Gasteiger partial charge in [0.25, 0.3) is 0 Å². The van der Waals surface area contributed by atoms with Gasteiger partial charge in [-0.05, 0) is 36.7 Å². The lowest BCUT2D eigenvalue weighted by Gasteiger charge is -2.40. The maximum Gasteiger partial charge on any atom is 0.183 e. The van der Waals surface area contributed by atoms with E-state index in [9.17, 15) is 0 Å². The van der Waals surface area contributed by atoms with Crippen LogP contribution in [0.2, 0.25) is 0 Å². The van der Waals surface area contributed by atoms with Crippen molar-refractivity contribution in [3.63, 3.8) is 0 Å². The van der Waals surface area contributed by atoms with Crippen molar-refractivity contribution in [2.24, 2.45) is 23.7 Å². The van der Waals surface area contributed by atoms with Crippen LogP contribution in [0.1, 0.15) is 47.0 Å². The van der Waals surface area contributed by atoms with Crippen molar-refractivity contribution < 1.29 is 4.74 Å². The molecule has 2 nitrogen and oxygen atoms in total. The Bertz CT molecular complexity index is 396. The summed E-state index contributed by atoms with van der Waals surface area (Å²) in [6, 6.07) is 0. The van der Waals surface area contributed by atoms with E-state index in [2.05, 4.69) is 45.9 Å². The molecular formula is C17H27NO. The van der Waals surface area contributed by atoms with Gasteiger partial charge < -0.3 is 4.74 Å². The maximum absolute atomic E-state index is 8.09. The van der Waals surface area contributed by atoms with Gasteiger partial charge in [-0.1, -0.05) is 45.9 Å². The minimum atomic E-state index is 0.198. The highest BCUT2D eigenvalue weighted by Crippen LogP contribution is 2.41. The molecule has 106 valence electrons. The molecule has 5 atom stereocenters. The van der Waals surface area contributed by atoms with Gasteiger partial charge in [-0.25, -0.2) is 0 Å². The van der Waals surface area contributed by atoms with Gasteiger partial charge in [-0.15, -0.1) is 0 Å². The van der Waals surface area contributed by atoms with Gasteiger partial charge in [-0.2, -0.15) is 0 Å². The molecule has 0 aliphatic heterocycles. The van der Waals surface area contributed by atoms with E-state index in [1.165, 1.54) is 5.57 Å². The van der Waals surface area contributed by atoms with Crippen LogP contribution in [0.3, 0.4) is 0 Å². The molecule has 0 amide bonds. The molecule has 0 radical (unpaired) electrons. The first kappa shape index (κ1) is 14.4. The Hall–Kier alpha value is -1.05. The average molecular weight is 261 g/mol. The Morgan fingerprint density at radius 1 is 1.47 bits per heavy atom. The fourth-order valence-electron chi connectivity index (χ4n) is 3.13. The van der Waals surface area contributed by atoms with Crippen molar-refractivity contribution in [3.05, 3.63) is 23.8 Å². The molecule has 1 N–H and O–H groups in total. The van der Waals surface area contributed by atoms with E-state index in [1.807, 2.05) is 0 Å². The summed E-state index contributed by atoms with van der Waals surface area (Å²) in [5, 5.41) is 8.09. The van der Waals surface area contributed by atoms with Crippen LogP contribution < -0.4 is 0 Å². The SMILES string of the molecule is CCC(C)C(=N)O[C@H]1CCC=C2C=C[C@H](C)C(C)C21. The van der Waals surface area contributed by atoms with Gasteiger partial charge in [0.15, 0.2) is 5.90 Å². The van der Waals surface area contributed by atoms with Crippen LogP contribution in [0.5, 0.6) is 0 Å². The lowest BCUT2D eigenvalue weighted by atomic mass is 9.69. The highest BCUT2D eigenvalue weighted by atomic mass is 16.5. The zero-order valence-electron chi connectivity index (χ0n) is 12.6. The molecule has 2 aliphatic carbocycles. The summed E-state index contributed by atoms with van der Waals surface area (Å²) >= 11 is 0. The van der Waals surface area contributed by atoms with Crippen LogP contribution in [0.25, 0.3) is 0 Å². The second-order valence-corrected chi connectivity index (χ2v) is 6.21. The van der Waals surface area contributed by atoms with Crippen LogP contribution in [-0.4, -0.2) is 12.0 Å². The molecule has 0 saturated heterocycles. The van der Waals surface area contributed by atoms with Crippen LogP contribution in [-0.2, 0) is 4.74 Å². The van der Waals surface area contributed by atoms with E-state index in [-0.39, 0.29) is 12.0 Å². The summed E-state index contributed by atoms with van der Waals surface area (Å²) in [6.45, 7) is 8.79.